The van der Waals surface area contributed by atoms with Crippen molar-refractivity contribution in [3.05, 3.63) is 28.3 Å². The first-order valence-corrected chi connectivity index (χ1v) is 7.03. The summed E-state index contributed by atoms with van der Waals surface area (Å²) in [7, 11) is -3.92. The van der Waals surface area contributed by atoms with Gasteiger partial charge in [-0.2, -0.15) is 0 Å². The fraction of sp³-hybridized carbons (Fsp3) is 0.300. The van der Waals surface area contributed by atoms with Gasteiger partial charge in [-0.1, -0.05) is 5.16 Å². The molecule has 0 amide bonds. The molecular formula is C10H11N3O6S. The first kappa shape index (κ1) is 14.2. The van der Waals surface area contributed by atoms with Crippen LogP contribution in [0.15, 0.2) is 28.3 Å². The van der Waals surface area contributed by atoms with Crippen molar-refractivity contribution in [3.8, 4) is 5.75 Å². The van der Waals surface area contributed by atoms with Gasteiger partial charge >= 0.3 is 5.69 Å². The molecule has 9 nitrogen and oxygen atoms in total. The number of phenolic OH excluding ortho intramolecular Hbond substituents is 1. The Labute approximate surface area is 114 Å². The Morgan fingerprint density at radius 1 is 1.50 bits per heavy atom. The highest BCUT2D eigenvalue weighted by molar-refractivity contribution is 7.89. The summed E-state index contributed by atoms with van der Waals surface area (Å²) >= 11 is 0. The summed E-state index contributed by atoms with van der Waals surface area (Å²) in [5.41, 5.74) is -0.128. The first-order valence-electron chi connectivity index (χ1n) is 5.55. The van der Waals surface area contributed by atoms with Crippen LogP contribution >= 0.6 is 0 Å². The molecular weight excluding hydrogens is 290 g/mol. The fourth-order valence-corrected chi connectivity index (χ4v) is 2.58. The SMILES string of the molecule is O=[N+]([O-])c1cc(S(=O)(=O)NCC2=NOCC2)ccc1O. The van der Waals surface area contributed by atoms with E-state index in [1.54, 1.807) is 0 Å². The van der Waals surface area contributed by atoms with Crippen molar-refractivity contribution in [2.24, 2.45) is 5.16 Å². The number of hydrogen-bond acceptors (Lipinski definition) is 7. The van der Waals surface area contributed by atoms with Gasteiger partial charge in [0.25, 0.3) is 0 Å². The van der Waals surface area contributed by atoms with Crippen molar-refractivity contribution < 1.29 is 23.3 Å². The summed E-state index contributed by atoms with van der Waals surface area (Å²) in [6, 6.07) is 2.84. The zero-order valence-corrected chi connectivity index (χ0v) is 11.0. The maximum Gasteiger partial charge on any atom is 0.312 e. The van der Waals surface area contributed by atoms with Crippen molar-refractivity contribution in [1.29, 1.82) is 0 Å². The Kier molecular flexibility index (Phi) is 3.86. The lowest BCUT2D eigenvalue weighted by atomic mass is 10.3. The number of benzene rings is 1. The fourth-order valence-electron chi connectivity index (χ4n) is 1.54. The average molecular weight is 301 g/mol. The molecule has 2 N–H and O–H groups in total. The van der Waals surface area contributed by atoms with Crippen LogP contribution in [0.2, 0.25) is 0 Å². The summed E-state index contributed by atoms with van der Waals surface area (Å²) in [4.78, 5) is 14.2. The Balaban J connectivity index is 2.20. The molecule has 0 aromatic heterocycles. The second kappa shape index (κ2) is 5.43. The van der Waals surface area contributed by atoms with Crippen LogP contribution in [0.4, 0.5) is 5.69 Å². The Morgan fingerprint density at radius 3 is 2.85 bits per heavy atom. The van der Waals surface area contributed by atoms with Crippen molar-refractivity contribution in [1.82, 2.24) is 4.72 Å². The van der Waals surface area contributed by atoms with Crippen LogP contribution in [0, 0.1) is 10.1 Å². The lowest BCUT2D eigenvalue weighted by molar-refractivity contribution is -0.386. The van der Waals surface area contributed by atoms with E-state index in [0.29, 0.717) is 18.7 Å². The molecule has 1 aliphatic rings. The van der Waals surface area contributed by atoms with E-state index in [2.05, 4.69) is 9.88 Å². The number of rotatable bonds is 5. The molecule has 0 atom stereocenters. The number of phenols is 1. The lowest BCUT2D eigenvalue weighted by Crippen LogP contribution is -2.29. The molecule has 1 aliphatic heterocycles. The Hall–Kier alpha value is -2.20. The number of hydrogen-bond donors (Lipinski definition) is 2. The molecule has 10 heteroatoms. The maximum absolute atomic E-state index is 12.0. The summed E-state index contributed by atoms with van der Waals surface area (Å²) < 4.78 is 26.2. The average Bonchev–Trinajstić information content (AvgIpc) is 2.89. The molecule has 20 heavy (non-hydrogen) atoms. The largest absolute Gasteiger partial charge is 0.502 e. The van der Waals surface area contributed by atoms with E-state index >= 15 is 0 Å². The number of nitrogens with one attached hydrogen (secondary N) is 1. The van der Waals surface area contributed by atoms with Crippen molar-refractivity contribution in [2.75, 3.05) is 13.2 Å². The van der Waals surface area contributed by atoms with Gasteiger partial charge in [0.1, 0.15) is 6.61 Å². The molecule has 2 rings (SSSR count). The van der Waals surface area contributed by atoms with Gasteiger partial charge in [-0.15, -0.1) is 0 Å². The van der Waals surface area contributed by atoms with E-state index in [1.165, 1.54) is 0 Å². The molecule has 0 saturated carbocycles. The third-order valence-corrected chi connectivity index (χ3v) is 3.99. The van der Waals surface area contributed by atoms with E-state index in [0.717, 1.165) is 18.2 Å². The summed E-state index contributed by atoms with van der Waals surface area (Å²) in [6.07, 6.45) is 0.526. The van der Waals surface area contributed by atoms with Gasteiger partial charge in [-0.25, -0.2) is 13.1 Å². The van der Waals surface area contributed by atoms with Crippen molar-refractivity contribution in [3.63, 3.8) is 0 Å². The van der Waals surface area contributed by atoms with Gasteiger partial charge in [0.2, 0.25) is 10.0 Å². The van der Waals surface area contributed by atoms with Gasteiger partial charge in [0.15, 0.2) is 5.75 Å². The molecule has 108 valence electrons. The van der Waals surface area contributed by atoms with Gasteiger partial charge in [-0.05, 0) is 12.1 Å². The van der Waals surface area contributed by atoms with Gasteiger partial charge in [-0.3, -0.25) is 10.1 Å². The van der Waals surface area contributed by atoms with E-state index in [-0.39, 0.29) is 11.4 Å². The minimum Gasteiger partial charge on any atom is -0.502 e. The molecule has 1 aromatic rings. The van der Waals surface area contributed by atoms with Crippen LogP contribution in [0.1, 0.15) is 6.42 Å². The molecule has 0 spiro atoms. The predicted octanol–water partition coefficient (Wildman–Crippen LogP) is 0.355. The van der Waals surface area contributed by atoms with Gasteiger partial charge in [0.05, 0.1) is 22.1 Å². The van der Waals surface area contributed by atoms with Crippen molar-refractivity contribution >= 4 is 21.4 Å². The zero-order chi connectivity index (χ0) is 14.8. The monoisotopic (exact) mass is 301 g/mol. The van der Waals surface area contributed by atoms with E-state index < -0.39 is 26.4 Å². The number of nitro benzene ring substituents is 1. The van der Waals surface area contributed by atoms with Crippen LogP contribution < -0.4 is 4.72 Å². The van der Waals surface area contributed by atoms with Gasteiger partial charge in [0, 0.05) is 12.5 Å². The molecule has 0 radical (unpaired) electrons. The number of nitrogens with zero attached hydrogens (tertiary/aromatic N) is 2. The lowest BCUT2D eigenvalue weighted by Gasteiger charge is -2.06. The molecule has 0 bridgehead atoms. The highest BCUT2D eigenvalue weighted by Gasteiger charge is 2.22. The smallest absolute Gasteiger partial charge is 0.312 e. The van der Waals surface area contributed by atoms with E-state index in [1.807, 2.05) is 0 Å². The molecule has 0 aliphatic carbocycles. The van der Waals surface area contributed by atoms with Crippen LogP contribution in [0.5, 0.6) is 5.75 Å². The minimum atomic E-state index is -3.92. The Morgan fingerprint density at radius 2 is 2.25 bits per heavy atom. The highest BCUT2D eigenvalue weighted by Crippen LogP contribution is 2.28. The van der Waals surface area contributed by atoms with Crippen molar-refractivity contribution in [2.45, 2.75) is 11.3 Å². The van der Waals surface area contributed by atoms with Crippen LogP contribution in [0.25, 0.3) is 0 Å². The number of oxime groups is 1. The van der Waals surface area contributed by atoms with Crippen LogP contribution in [-0.4, -0.2) is 37.3 Å². The topological polar surface area (TPSA) is 131 Å². The highest BCUT2D eigenvalue weighted by atomic mass is 32.2. The second-order valence-corrected chi connectivity index (χ2v) is 5.74. The molecule has 0 unspecified atom stereocenters. The number of aromatic hydroxyl groups is 1. The summed E-state index contributed by atoms with van der Waals surface area (Å²) in [5, 5.41) is 23.6. The van der Waals surface area contributed by atoms with E-state index in [9.17, 15) is 23.6 Å². The predicted molar refractivity (Wildman–Crippen MR) is 68.0 cm³/mol. The van der Waals surface area contributed by atoms with E-state index in [4.69, 9.17) is 4.84 Å². The number of sulfonamides is 1. The third-order valence-electron chi connectivity index (χ3n) is 2.60. The maximum atomic E-state index is 12.0. The second-order valence-electron chi connectivity index (χ2n) is 3.97. The number of nitro groups is 1. The van der Waals surface area contributed by atoms with Crippen LogP contribution in [0.3, 0.4) is 0 Å². The summed E-state index contributed by atoms with van der Waals surface area (Å²) in [5.74, 6) is -0.595. The Bertz CT molecular complexity index is 670. The molecule has 0 fully saturated rings. The minimum absolute atomic E-state index is 0.0307. The standard InChI is InChI=1S/C10H11N3O6S/c14-10-2-1-8(5-9(10)13(15)16)20(17,18)11-6-7-3-4-19-12-7/h1-2,5,11,14H,3-4,6H2. The van der Waals surface area contributed by atoms with Gasteiger partial charge < -0.3 is 9.94 Å². The first-order chi connectivity index (χ1) is 9.40. The molecule has 0 saturated heterocycles. The third kappa shape index (κ3) is 3.03. The molecule has 1 aromatic carbocycles. The zero-order valence-electron chi connectivity index (χ0n) is 10.1. The van der Waals surface area contributed by atoms with Crippen LogP contribution in [-0.2, 0) is 14.9 Å². The quantitative estimate of drug-likeness (QED) is 0.596. The normalized spacial score (nSPS) is 14.7. The summed E-state index contributed by atoms with van der Waals surface area (Å²) in [6.45, 7) is 0.374. The molecule has 1 heterocycles.